The monoisotopic (exact) mass is 83.1 g/mol. The SMILES string of the molecule is C=CCC[CH+]C. The fraction of sp³-hybridized carbons (Fsp3) is 0.500. The summed E-state index contributed by atoms with van der Waals surface area (Å²) < 4.78 is 0. The lowest BCUT2D eigenvalue weighted by Gasteiger charge is -1.73. The number of hydrogen-bond donors (Lipinski definition) is 0. The second kappa shape index (κ2) is 4.61. The third-order valence-electron chi connectivity index (χ3n) is 0.659. The molecule has 0 aliphatic heterocycles. The summed E-state index contributed by atoms with van der Waals surface area (Å²) in [6, 6.07) is 0. The lowest BCUT2D eigenvalue weighted by molar-refractivity contribution is 0.976. The van der Waals surface area contributed by atoms with Crippen LogP contribution in [0.4, 0.5) is 0 Å². The van der Waals surface area contributed by atoms with Crippen molar-refractivity contribution in [1.82, 2.24) is 0 Å². The molecule has 0 aromatic carbocycles. The van der Waals surface area contributed by atoms with Crippen LogP contribution in [0.25, 0.3) is 0 Å². The van der Waals surface area contributed by atoms with E-state index in [0.717, 1.165) is 6.42 Å². The van der Waals surface area contributed by atoms with Gasteiger partial charge in [0.25, 0.3) is 0 Å². The molecule has 0 aliphatic rings. The van der Waals surface area contributed by atoms with Crippen LogP contribution in [0, 0.1) is 6.42 Å². The Bertz CT molecular complexity index is 29.0. The number of hydrogen-bond acceptors (Lipinski definition) is 0. The van der Waals surface area contributed by atoms with Gasteiger partial charge in [-0.15, -0.1) is 6.58 Å². The van der Waals surface area contributed by atoms with Crippen molar-refractivity contribution in [3.63, 3.8) is 0 Å². The van der Waals surface area contributed by atoms with Crippen LogP contribution in [-0.4, -0.2) is 0 Å². The molecule has 0 radical (unpaired) electrons. The van der Waals surface area contributed by atoms with Crippen molar-refractivity contribution in [3.8, 4) is 0 Å². The minimum atomic E-state index is 1.12. The normalized spacial score (nSPS) is 7.50. The van der Waals surface area contributed by atoms with Gasteiger partial charge in [-0.2, -0.15) is 0 Å². The highest BCUT2D eigenvalue weighted by molar-refractivity contribution is 4.69. The summed E-state index contributed by atoms with van der Waals surface area (Å²) in [5, 5.41) is 0. The lowest BCUT2D eigenvalue weighted by atomic mass is 10.3. The Morgan fingerprint density at radius 1 is 1.83 bits per heavy atom. The Kier molecular flexibility index (Phi) is 4.31. The molecule has 0 N–H and O–H groups in total. The molecule has 0 atom stereocenters. The van der Waals surface area contributed by atoms with E-state index in [1.165, 1.54) is 6.42 Å². The van der Waals surface area contributed by atoms with Crippen LogP contribution >= 0.6 is 0 Å². The van der Waals surface area contributed by atoms with Gasteiger partial charge in [-0.1, -0.05) is 6.08 Å². The molecular formula is C6H11+. The van der Waals surface area contributed by atoms with Gasteiger partial charge in [-0.3, -0.25) is 0 Å². The lowest BCUT2D eigenvalue weighted by Crippen LogP contribution is -1.63. The molecule has 0 spiro atoms. The minimum Gasteiger partial charge on any atom is -0.103 e. The summed E-state index contributed by atoms with van der Waals surface area (Å²) in [6.07, 6.45) is 6.36. The zero-order chi connectivity index (χ0) is 4.83. The molecule has 0 saturated carbocycles. The van der Waals surface area contributed by atoms with Crippen LogP contribution in [0.3, 0.4) is 0 Å². The van der Waals surface area contributed by atoms with E-state index in [4.69, 9.17) is 0 Å². The molecule has 0 fully saturated rings. The minimum absolute atomic E-state index is 1.12. The standard InChI is InChI=1S/C6H11/c1-3-5-6-4-2/h3-4H,1,5-6H2,2H3/q+1. The van der Waals surface area contributed by atoms with Crippen LogP contribution in [0.1, 0.15) is 19.8 Å². The average molecular weight is 83.2 g/mol. The van der Waals surface area contributed by atoms with Crippen LogP contribution in [-0.2, 0) is 0 Å². The maximum absolute atomic E-state index is 3.58. The second-order valence-corrected chi connectivity index (χ2v) is 1.27. The Morgan fingerprint density at radius 3 is 2.67 bits per heavy atom. The van der Waals surface area contributed by atoms with E-state index in [1.807, 2.05) is 6.08 Å². The van der Waals surface area contributed by atoms with Crippen molar-refractivity contribution in [2.75, 3.05) is 0 Å². The Hall–Kier alpha value is -0.390. The summed E-state index contributed by atoms with van der Waals surface area (Å²) in [5.41, 5.74) is 0. The number of unbranched alkanes of at least 4 members (excludes halogenated alkanes) is 2. The first-order valence-electron chi connectivity index (χ1n) is 2.30. The van der Waals surface area contributed by atoms with E-state index < -0.39 is 0 Å². The summed E-state index contributed by atoms with van der Waals surface area (Å²) >= 11 is 0. The van der Waals surface area contributed by atoms with Gasteiger partial charge in [0.2, 0.25) is 0 Å². The van der Waals surface area contributed by atoms with E-state index in [2.05, 4.69) is 19.9 Å². The first-order chi connectivity index (χ1) is 2.91. The molecule has 0 aliphatic carbocycles. The highest BCUT2D eigenvalue weighted by Crippen LogP contribution is 1.90. The third-order valence-corrected chi connectivity index (χ3v) is 0.659. The summed E-state index contributed by atoms with van der Waals surface area (Å²) in [4.78, 5) is 0. The Labute approximate surface area is 39.9 Å². The molecule has 0 amide bonds. The summed E-state index contributed by atoms with van der Waals surface area (Å²) in [5.74, 6) is 0. The van der Waals surface area contributed by atoms with Crippen LogP contribution < -0.4 is 0 Å². The van der Waals surface area contributed by atoms with Crippen molar-refractivity contribution in [1.29, 1.82) is 0 Å². The Morgan fingerprint density at radius 2 is 2.50 bits per heavy atom. The molecule has 6 heavy (non-hydrogen) atoms. The molecule has 0 heterocycles. The average Bonchev–Trinajstić information content (AvgIpc) is 1.61. The van der Waals surface area contributed by atoms with Crippen LogP contribution in [0.15, 0.2) is 12.7 Å². The second-order valence-electron chi connectivity index (χ2n) is 1.27. The fourth-order valence-electron chi connectivity index (χ4n) is 0.285. The van der Waals surface area contributed by atoms with Crippen molar-refractivity contribution in [2.45, 2.75) is 19.8 Å². The van der Waals surface area contributed by atoms with Gasteiger partial charge < -0.3 is 0 Å². The maximum Gasteiger partial charge on any atom is 0.0906 e. The largest absolute Gasteiger partial charge is 0.103 e. The van der Waals surface area contributed by atoms with Gasteiger partial charge in [-0.05, 0) is 0 Å². The van der Waals surface area contributed by atoms with Gasteiger partial charge in [0.15, 0.2) is 0 Å². The molecule has 0 saturated heterocycles. The van der Waals surface area contributed by atoms with E-state index >= 15 is 0 Å². The molecule has 0 aromatic rings. The Balaban J connectivity index is 2.49. The van der Waals surface area contributed by atoms with Gasteiger partial charge in [0.05, 0.1) is 19.8 Å². The van der Waals surface area contributed by atoms with Gasteiger partial charge >= 0.3 is 0 Å². The molecule has 0 heteroatoms. The highest BCUT2D eigenvalue weighted by atomic mass is 13.8. The van der Waals surface area contributed by atoms with Gasteiger partial charge in [0, 0.05) is 6.42 Å². The zero-order valence-corrected chi connectivity index (χ0v) is 4.28. The van der Waals surface area contributed by atoms with E-state index in [-0.39, 0.29) is 0 Å². The predicted octanol–water partition coefficient (Wildman–Crippen LogP) is 2.18. The number of rotatable bonds is 3. The molecular weight excluding hydrogens is 72.1 g/mol. The molecule has 0 unspecified atom stereocenters. The predicted molar refractivity (Wildman–Crippen MR) is 29.4 cm³/mol. The van der Waals surface area contributed by atoms with E-state index in [9.17, 15) is 0 Å². The highest BCUT2D eigenvalue weighted by Gasteiger charge is 1.81. The summed E-state index contributed by atoms with van der Waals surface area (Å²) in [7, 11) is 0. The van der Waals surface area contributed by atoms with Crippen LogP contribution in [0.2, 0.25) is 0 Å². The van der Waals surface area contributed by atoms with Crippen molar-refractivity contribution in [3.05, 3.63) is 19.1 Å². The zero-order valence-electron chi connectivity index (χ0n) is 4.28. The molecule has 0 bridgehead atoms. The number of allylic oxidation sites excluding steroid dienone is 1. The topological polar surface area (TPSA) is 0 Å². The molecule has 0 nitrogen and oxygen atoms in total. The van der Waals surface area contributed by atoms with Gasteiger partial charge in [-0.25, -0.2) is 0 Å². The third kappa shape index (κ3) is 3.61. The summed E-state index contributed by atoms with van der Waals surface area (Å²) in [6.45, 7) is 5.64. The first kappa shape index (κ1) is 5.61. The van der Waals surface area contributed by atoms with Crippen molar-refractivity contribution < 1.29 is 0 Å². The van der Waals surface area contributed by atoms with E-state index in [0.29, 0.717) is 0 Å². The fourth-order valence-corrected chi connectivity index (χ4v) is 0.285. The molecule has 0 aromatic heterocycles. The molecule has 34 valence electrons. The quantitative estimate of drug-likeness (QED) is 0.279. The van der Waals surface area contributed by atoms with Crippen LogP contribution in [0.5, 0.6) is 0 Å². The van der Waals surface area contributed by atoms with E-state index in [1.54, 1.807) is 0 Å². The maximum atomic E-state index is 3.58. The molecule has 0 rings (SSSR count). The van der Waals surface area contributed by atoms with Gasteiger partial charge in [0.1, 0.15) is 0 Å². The smallest absolute Gasteiger partial charge is 0.0906 e. The first-order valence-corrected chi connectivity index (χ1v) is 2.30. The van der Waals surface area contributed by atoms with Crippen molar-refractivity contribution >= 4 is 0 Å². The van der Waals surface area contributed by atoms with Crippen molar-refractivity contribution in [2.24, 2.45) is 0 Å².